The average Bonchev–Trinajstić information content (AvgIpc) is 2.71. The molecule has 2 aromatic heterocycles. The summed E-state index contributed by atoms with van der Waals surface area (Å²) < 4.78 is 1.92. The number of nitrogens with zero attached hydrogens (tertiary/aromatic N) is 2. The molecule has 2 rings (SSSR count). The molecular formula is C14H19N3. The lowest BCUT2D eigenvalue weighted by Crippen LogP contribution is -2.19. The Hall–Kier alpha value is -1.61. The van der Waals surface area contributed by atoms with E-state index in [2.05, 4.69) is 43.3 Å². The number of pyridine rings is 1. The summed E-state index contributed by atoms with van der Waals surface area (Å²) in [6.07, 6.45) is 6.17. The number of aromatic nitrogens is 2. The highest BCUT2D eigenvalue weighted by atomic mass is 15.2. The normalized spacial score (nSPS) is 12.6. The Kier molecular flexibility index (Phi) is 3.59. The molecule has 0 saturated carbocycles. The first-order chi connectivity index (χ1) is 8.22. The second-order valence-electron chi connectivity index (χ2n) is 4.41. The van der Waals surface area contributed by atoms with E-state index < -0.39 is 0 Å². The van der Waals surface area contributed by atoms with Gasteiger partial charge in [-0.15, -0.1) is 0 Å². The lowest BCUT2D eigenvalue weighted by atomic mass is 10.1. The van der Waals surface area contributed by atoms with Gasteiger partial charge in [0, 0.05) is 11.8 Å². The highest BCUT2D eigenvalue weighted by molar-refractivity contribution is 5.55. The van der Waals surface area contributed by atoms with Gasteiger partial charge in [-0.1, -0.05) is 24.6 Å². The van der Waals surface area contributed by atoms with E-state index in [1.807, 2.05) is 29.0 Å². The molecule has 0 spiro atoms. The largest absolute Gasteiger partial charge is 0.307 e. The zero-order valence-electron chi connectivity index (χ0n) is 10.6. The van der Waals surface area contributed by atoms with E-state index in [4.69, 9.17) is 0 Å². The summed E-state index contributed by atoms with van der Waals surface area (Å²) in [6.45, 7) is 7.31. The first kappa shape index (κ1) is 11.9. The van der Waals surface area contributed by atoms with Gasteiger partial charge in [0.25, 0.3) is 0 Å². The zero-order valence-corrected chi connectivity index (χ0v) is 10.6. The van der Waals surface area contributed by atoms with Gasteiger partial charge in [-0.05, 0) is 32.5 Å². The maximum atomic E-state index is 4.38. The Labute approximate surface area is 102 Å². The zero-order chi connectivity index (χ0) is 12.3. The summed E-state index contributed by atoms with van der Waals surface area (Å²) in [5.41, 5.74) is 3.70. The molecule has 1 unspecified atom stereocenters. The van der Waals surface area contributed by atoms with Crippen LogP contribution in [0, 0.1) is 0 Å². The van der Waals surface area contributed by atoms with Gasteiger partial charge in [-0.2, -0.15) is 5.10 Å². The van der Waals surface area contributed by atoms with Crippen molar-refractivity contribution in [2.45, 2.75) is 26.8 Å². The van der Waals surface area contributed by atoms with Crippen molar-refractivity contribution >= 4 is 5.52 Å². The number of nitrogens with one attached hydrogen (secondary N) is 1. The molecular weight excluding hydrogens is 210 g/mol. The number of allylic oxidation sites excluding steroid dienone is 1. The molecule has 0 saturated heterocycles. The Morgan fingerprint density at radius 3 is 3.00 bits per heavy atom. The Balaban J connectivity index is 2.45. The van der Waals surface area contributed by atoms with E-state index in [9.17, 15) is 0 Å². The lowest BCUT2D eigenvalue weighted by Gasteiger charge is -2.13. The number of rotatable bonds is 4. The molecule has 1 N–H and O–H groups in total. The van der Waals surface area contributed by atoms with Gasteiger partial charge in [-0.3, -0.25) is 0 Å². The molecule has 0 aliphatic heterocycles. The fraction of sp³-hybridized carbons (Fsp3) is 0.357. The van der Waals surface area contributed by atoms with Crippen molar-refractivity contribution in [3.05, 3.63) is 47.8 Å². The lowest BCUT2D eigenvalue weighted by molar-refractivity contribution is 0.648. The highest BCUT2D eigenvalue weighted by Gasteiger charge is 2.12. The Morgan fingerprint density at radius 2 is 2.29 bits per heavy atom. The molecule has 0 fully saturated rings. The maximum Gasteiger partial charge on any atom is 0.0712 e. The van der Waals surface area contributed by atoms with E-state index in [1.165, 1.54) is 11.1 Å². The topological polar surface area (TPSA) is 29.3 Å². The molecule has 0 aliphatic rings. The standard InChI is InChI=1S/C14H19N3/c1-4-15-13(9-11(2)3)12-10-16-17-8-6-5-7-14(12)17/h5-10,13,15H,4H2,1-3H3. The van der Waals surface area contributed by atoms with Crippen molar-refractivity contribution < 1.29 is 0 Å². The number of hydrogen-bond acceptors (Lipinski definition) is 2. The van der Waals surface area contributed by atoms with Crippen LogP contribution in [0.25, 0.3) is 5.52 Å². The summed E-state index contributed by atoms with van der Waals surface area (Å²) in [7, 11) is 0. The summed E-state index contributed by atoms with van der Waals surface area (Å²) in [6, 6.07) is 6.38. The first-order valence-corrected chi connectivity index (χ1v) is 6.03. The predicted molar refractivity (Wildman–Crippen MR) is 71.0 cm³/mol. The van der Waals surface area contributed by atoms with Crippen LogP contribution in [-0.2, 0) is 0 Å². The second-order valence-corrected chi connectivity index (χ2v) is 4.41. The van der Waals surface area contributed by atoms with Crippen molar-refractivity contribution in [3.8, 4) is 0 Å². The minimum atomic E-state index is 0.241. The molecule has 17 heavy (non-hydrogen) atoms. The third-order valence-electron chi connectivity index (χ3n) is 2.72. The van der Waals surface area contributed by atoms with Crippen LogP contribution >= 0.6 is 0 Å². The van der Waals surface area contributed by atoms with Gasteiger partial charge in [0.05, 0.1) is 17.8 Å². The fourth-order valence-corrected chi connectivity index (χ4v) is 2.01. The van der Waals surface area contributed by atoms with E-state index in [1.54, 1.807) is 0 Å². The molecule has 0 amide bonds. The average molecular weight is 229 g/mol. The quantitative estimate of drug-likeness (QED) is 0.817. The molecule has 0 aliphatic carbocycles. The minimum absolute atomic E-state index is 0.241. The fourth-order valence-electron chi connectivity index (χ4n) is 2.01. The summed E-state index contributed by atoms with van der Waals surface area (Å²) >= 11 is 0. The second kappa shape index (κ2) is 5.15. The van der Waals surface area contributed by atoms with Gasteiger partial charge < -0.3 is 5.32 Å². The molecule has 1 atom stereocenters. The number of fused-ring (bicyclic) bond motifs is 1. The van der Waals surface area contributed by atoms with Crippen molar-refractivity contribution in [2.24, 2.45) is 0 Å². The summed E-state index contributed by atoms with van der Waals surface area (Å²) in [5, 5.41) is 7.86. The van der Waals surface area contributed by atoms with Crippen LogP contribution in [-0.4, -0.2) is 16.2 Å². The minimum Gasteiger partial charge on any atom is -0.307 e. The highest BCUT2D eigenvalue weighted by Crippen LogP contribution is 2.21. The molecule has 0 bridgehead atoms. The third kappa shape index (κ3) is 2.56. The van der Waals surface area contributed by atoms with E-state index >= 15 is 0 Å². The monoisotopic (exact) mass is 229 g/mol. The van der Waals surface area contributed by atoms with Gasteiger partial charge in [-0.25, -0.2) is 4.52 Å². The number of hydrogen-bond donors (Lipinski definition) is 1. The summed E-state index contributed by atoms with van der Waals surface area (Å²) in [4.78, 5) is 0. The van der Waals surface area contributed by atoms with Gasteiger partial charge >= 0.3 is 0 Å². The van der Waals surface area contributed by atoms with Crippen LogP contribution in [0.15, 0.2) is 42.2 Å². The third-order valence-corrected chi connectivity index (χ3v) is 2.72. The van der Waals surface area contributed by atoms with Crippen molar-refractivity contribution in [2.75, 3.05) is 6.54 Å². The van der Waals surface area contributed by atoms with Crippen molar-refractivity contribution in [1.82, 2.24) is 14.9 Å². The van der Waals surface area contributed by atoms with Crippen LogP contribution < -0.4 is 5.32 Å². The van der Waals surface area contributed by atoms with Crippen LogP contribution in [0.5, 0.6) is 0 Å². The van der Waals surface area contributed by atoms with Gasteiger partial charge in [0.1, 0.15) is 0 Å². The predicted octanol–water partition coefficient (Wildman–Crippen LogP) is 2.95. The van der Waals surface area contributed by atoms with Gasteiger partial charge in [0.2, 0.25) is 0 Å². The molecule has 90 valence electrons. The van der Waals surface area contributed by atoms with Crippen LogP contribution in [0.3, 0.4) is 0 Å². The van der Waals surface area contributed by atoms with E-state index in [-0.39, 0.29) is 6.04 Å². The molecule has 2 aromatic rings. The van der Waals surface area contributed by atoms with Crippen LogP contribution in [0.1, 0.15) is 32.4 Å². The first-order valence-electron chi connectivity index (χ1n) is 6.03. The van der Waals surface area contributed by atoms with E-state index in [0.717, 1.165) is 12.1 Å². The van der Waals surface area contributed by atoms with Crippen molar-refractivity contribution in [1.29, 1.82) is 0 Å². The number of likely N-dealkylation sites (N-methyl/N-ethyl adjacent to an activating group) is 1. The Bertz CT molecular complexity index is 521. The van der Waals surface area contributed by atoms with Crippen LogP contribution in [0.4, 0.5) is 0 Å². The smallest absolute Gasteiger partial charge is 0.0712 e. The SMILES string of the molecule is CCNC(C=C(C)C)c1cnn2ccccc12. The molecule has 3 nitrogen and oxygen atoms in total. The molecule has 3 heteroatoms. The maximum absolute atomic E-state index is 4.38. The van der Waals surface area contributed by atoms with E-state index in [0.29, 0.717) is 0 Å². The molecule has 0 aromatic carbocycles. The van der Waals surface area contributed by atoms with Crippen LogP contribution in [0.2, 0.25) is 0 Å². The summed E-state index contributed by atoms with van der Waals surface area (Å²) in [5.74, 6) is 0. The van der Waals surface area contributed by atoms with Gasteiger partial charge in [0.15, 0.2) is 0 Å². The Morgan fingerprint density at radius 1 is 1.47 bits per heavy atom. The molecule has 0 radical (unpaired) electrons. The van der Waals surface area contributed by atoms with Crippen molar-refractivity contribution in [3.63, 3.8) is 0 Å². The molecule has 2 heterocycles.